The van der Waals surface area contributed by atoms with Crippen molar-refractivity contribution in [1.29, 1.82) is 0 Å². The topological polar surface area (TPSA) is 91.9 Å². The van der Waals surface area contributed by atoms with E-state index in [1.807, 2.05) is 6.07 Å². The number of hydrogen-bond donors (Lipinski definition) is 4. The van der Waals surface area contributed by atoms with Crippen LogP contribution in [0.2, 0.25) is 0 Å². The normalized spacial score (nSPS) is 24.3. The Balaban J connectivity index is 1.44. The van der Waals surface area contributed by atoms with Crippen molar-refractivity contribution >= 4 is 5.91 Å². The molecule has 4 atom stereocenters. The minimum Gasteiger partial charge on any atom is -0.389 e. The number of benzene rings is 2. The second kappa shape index (κ2) is 8.61. The molecule has 1 amide bonds. The predicted molar refractivity (Wildman–Crippen MR) is 108 cm³/mol. The number of aliphatic hydroxyl groups excluding tert-OH is 1. The fourth-order valence-electron chi connectivity index (χ4n) is 3.95. The van der Waals surface area contributed by atoms with E-state index >= 15 is 0 Å². The summed E-state index contributed by atoms with van der Waals surface area (Å²) in [5, 5.41) is 16.2. The van der Waals surface area contributed by atoms with Crippen LogP contribution in [0.5, 0.6) is 0 Å². The molecule has 3 unspecified atom stereocenters. The van der Waals surface area contributed by atoms with Gasteiger partial charge in [0.1, 0.15) is 6.17 Å². The quantitative estimate of drug-likeness (QED) is 0.598. The summed E-state index contributed by atoms with van der Waals surface area (Å²) in [6.45, 7) is 2.16. The SMILES string of the molecule is COCC1NC(c2ccc3c(c2)CC[C@H]3NC(=O)c2cccc(C(C)O)c2)NO1. The molecule has 0 saturated carbocycles. The molecule has 1 fully saturated rings. The summed E-state index contributed by atoms with van der Waals surface area (Å²) in [4.78, 5) is 18.2. The summed E-state index contributed by atoms with van der Waals surface area (Å²) in [6.07, 6.45) is 0.921. The number of rotatable bonds is 6. The zero-order chi connectivity index (χ0) is 20.4. The van der Waals surface area contributed by atoms with E-state index in [4.69, 9.17) is 9.57 Å². The maximum atomic E-state index is 12.7. The lowest BCUT2D eigenvalue weighted by molar-refractivity contribution is -0.0198. The number of aliphatic hydroxyl groups is 1. The first-order valence-corrected chi connectivity index (χ1v) is 9.93. The third-order valence-electron chi connectivity index (χ3n) is 5.51. The van der Waals surface area contributed by atoms with Gasteiger partial charge in [-0.15, -0.1) is 0 Å². The van der Waals surface area contributed by atoms with Gasteiger partial charge < -0.3 is 15.2 Å². The number of methoxy groups -OCH3 is 1. The largest absolute Gasteiger partial charge is 0.389 e. The smallest absolute Gasteiger partial charge is 0.251 e. The van der Waals surface area contributed by atoms with Gasteiger partial charge in [-0.25, -0.2) is 0 Å². The van der Waals surface area contributed by atoms with Crippen LogP contribution in [-0.4, -0.2) is 31.0 Å². The van der Waals surface area contributed by atoms with Crippen molar-refractivity contribution in [2.24, 2.45) is 0 Å². The Morgan fingerprint density at radius 1 is 1.34 bits per heavy atom. The number of carbonyl (C=O) groups excluding carboxylic acids is 1. The zero-order valence-electron chi connectivity index (χ0n) is 16.6. The van der Waals surface area contributed by atoms with Crippen LogP contribution in [0, 0.1) is 0 Å². The van der Waals surface area contributed by atoms with Gasteiger partial charge in [0.15, 0.2) is 6.23 Å². The van der Waals surface area contributed by atoms with Crippen LogP contribution in [0.1, 0.15) is 64.3 Å². The molecule has 1 aliphatic carbocycles. The predicted octanol–water partition coefficient (Wildman–Crippen LogP) is 2.25. The number of hydroxylamine groups is 1. The van der Waals surface area contributed by atoms with Gasteiger partial charge in [0.2, 0.25) is 0 Å². The molecule has 4 N–H and O–H groups in total. The highest BCUT2D eigenvalue weighted by Crippen LogP contribution is 2.33. The Kier molecular flexibility index (Phi) is 5.94. The van der Waals surface area contributed by atoms with Crippen molar-refractivity contribution in [2.45, 2.75) is 44.3 Å². The Morgan fingerprint density at radius 3 is 3.00 bits per heavy atom. The molecule has 29 heavy (non-hydrogen) atoms. The van der Waals surface area contributed by atoms with Gasteiger partial charge in [-0.1, -0.05) is 30.3 Å². The van der Waals surface area contributed by atoms with Gasteiger partial charge in [0.05, 0.1) is 18.8 Å². The van der Waals surface area contributed by atoms with Gasteiger partial charge in [0.25, 0.3) is 5.91 Å². The van der Waals surface area contributed by atoms with Gasteiger partial charge in [0, 0.05) is 12.7 Å². The summed E-state index contributed by atoms with van der Waals surface area (Å²) >= 11 is 0. The third kappa shape index (κ3) is 4.34. The lowest BCUT2D eigenvalue weighted by Crippen LogP contribution is -2.29. The van der Waals surface area contributed by atoms with E-state index in [1.165, 1.54) is 5.56 Å². The first kappa shape index (κ1) is 20.0. The summed E-state index contributed by atoms with van der Waals surface area (Å²) in [5.41, 5.74) is 7.79. The van der Waals surface area contributed by atoms with Crippen LogP contribution >= 0.6 is 0 Å². The molecule has 7 nitrogen and oxygen atoms in total. The Morgan fingerprint density at radius 2 is 2.21 bits per heavy atom. The molecule has 0 bridgehead atoms. The molecule has 2 aromatic rings. The van der Waals surface area contributed by atoms with Gasteiger partial charge in [-0.3, -0.25) is 14.9 Å². The molecule has 1 heterocycles. The Bertz CT molecular complexity index is 886. The highest BCUT2D eigenvalue weighted by atomic mass is 16.7. The average molecular weight is 397 g/mol. The number of hydrogen-bond acceptors (Lipinski definition) is 6. The second-order valence-corrected chi connectivity index (χ2v) is 7.60. The number of ether oxygens (including phenoxy) is 1. The lowest BCUT2D eigenvalue weighted by atomic mass is 10.0. The van der Waals surface area contributed by atoms with Crippen molar-refractivity contribution in [3.63, 3.8) is 0 Å². The van der Waals surface area contributed by atoms with E-state index < -0.39 is 6.10 Å². The lowest BCUT2D eigenvalue weighted by Gasteiger charge is -2.16. The van der Waals surface area contributed by atoms with Crippen LogP contribution in [0.3, 0.4) is 0 Å². The van der Waals surface area contributed by atoms with Crippen molar-refractivity contribution < 1.29 is 19.5 Å². The number of nitrogens with one attached hydrogen (secondary N) is 3. The average Bonchev–Trinajstić information content (AvgIpc) is 3.35. The zero-order valence-corrected chi connectivity index (χ0v) is 16.6. The molecular weight excluding hydrogens is 370 g/mol. The maximum absolute atomic E-state index is 12.7. The maximum Gasteiger partial charge on any atom is 0.251 e. The summed E-state index contributed by atoms with van der Waals surface area (Å²) in [5.74, 6) is -0.121. The second-order valence-electron chi connectivity index (χ2n) is 7.60. The summed E-state index contributed by atoms with van der Waals surface area (Å²) < 4.78 is 5.11. The first-order valence-electron chi connectivity index (χ1n) is 9.93. The molecule has 0 aromatic heterocycles. The molecule has 154 valence electrons. The van der Waals surface area contributed by atoms with Crippen LogP contribution in [-0.2, 0) is 16.0 Å². The molecule has 0 radical (unpaired) electrons. The van der Waals surface area contributed by atoms with E-state index in [9.17, 15) is 9.90 Å². The minimum absolute atomic E-state index is 0.0104. The van der Waals surface area contributed by atoms with E-state index in [0.29, 0.717) is 12.2 Å². The minimum atomic E-state index is -0.598. The van der Waals surface area contributed by atoms with E-state index in [-0.39, 0.29) is 24.3 Å². The standard InChI is InChI=1S/C22H27N3O4/c1-13(26)14-4-3-5-17(10-14)22(27)23-19-9-7-15-11-16(6-8-18(15)19)21-24-20(12-28-2)29-25-21/h3-6,8,10-11,13,19-21,24-26H,7,9,12H2,1-2H3,(H,23,27)/t13?,19-,20?,21?/m1/s1. The molecule has 2 aliphatic rings. The molecule has 4 rings (SSSR count). The van der Waals surface area contributed by atoms with Crippen molar-refractivity contribution in [2.75, 3.05) is 13.7 Å². The van der Waals surface area contributed by atoms with E-state index in [0.717, 1.165) is 29.5 Å². The van der Waals surface area contributed by atoms with Crippen LogP contribution < -0.4 is 16.1 Å². The Labute approximate surface area is 170 Å². The summed E-state index contributed by atoms with van der Waals surface area (Å²) in [6, 6.07) is 13.4. The van der Waals surface area contributed by atoms with Crippen LogP contribution in [0.15, 0.2) is 42.5 Å². The third-order valence-corrected chi connectivity index (χ3v) is 5.51. The highest BCUT2D eigenvalue weighted by molar-refractivity contribution is 5.94. The molecule has 7 heteroatoms. The van der Waals surface area contributed by atoms with Crippen LogP contribution in [0.25, 0.3) is 0 Å². The number of fused-ring (bicyclic) bond motifs is 1. The van der Waals surface area contributed by atoms with Crippen molar-refractivity contribution in [3.8, 4) is 0 Å². The monoisotopic (exact) mass is 397 g/mol. The molecule has 1 aliphatic heterocycles. The van der Waals surface area contributed by atoms with Gasteiger partial charge in [-0.2, -0.15) is 5.48 Å². The van der Waals surface area contributed by atoms with E-state index in [1.54, 1.807) is 32.2 Å². The van der Waals surface area contributed by atoms with Crippen molar-refractivity contribution in [3.05, 3.63) is 70.3 Å². The fraction of sp³-hybridized carbons (Fsp3) is 0.409. The highest BCUT2D eigenvalue weighted by Gasteiger charge is 2.29. The number of carbonyl (C=O) groups is 1. The molecule has 1 saturated heterocycles. The number of aryl methyl sites for hydroxylation is 1. The Hall–Kier alpha value is -2.29. The molecule has 0 spiro atoms. The number of amides is 1. The molecule has 2 aromatic carbocycles. The van der Waals surface area contributed by atoms with Crippen LogP contribution in [0.4, 0.5) is 0 Å². The van der Waals surface area contributed by atoms with Crippen molar-refractivity contribution in [1.82, 2.24) is 16.1 Å². The van der Waals surface area contributed by atoms with E-state index in [2.05, 4.69) is 34.3 Å². The van der Waals surface area contributed by atoms with Gasteiger partial charge in [-0.05, 0) is 54.2 Å². The summed E-state index contributed by atoms with van der Waals surface area (Å²) in [7, 11) is 1.64. The first-order chi connectivity index (χ1) is 14.0. The molecular formula is C22H27N3O4. The van der Waals surface area contributed by atoms with Gasteiger partial charge >= 0.3 is 0 Å². The fourth-order valence-corrected chi connectivity index (χ4v) is 3.95.